The number of rotatable bonds is 13. The van der Waals surface area contributed by atoms with E-state index in [1.54, 1.807) is 48.5 Å². The Kier molecular flexibility index (Phi) is 10.5. The first-order valence-corrected chi connectivity index (χ1v) is 14.5. The van der Waals surface area contributed by atoms with E-state index in [-0.39, 0.29) is 23.4 Å². The Hall–Kier alpha value is -3.65. The van der Waals surface area contributed by atoms with Crippen LogP contribution in [0.1, 0.15) is 39.2 Å². The van der Waals surface area contributed by atoms with E-state index in [0.717, 1.165) is 16.3 Å². The van der Waals surface area contributed by atoms with Gasteiger partial charge in [-0.05, 0) is 56.0 Å². The molecule has 0 aromatic heterocycles. The van der Waals surface area contributed by atoms with Crippen molar-refractivity contribution in [2.24, 2.45) is 0 Å². The van der Waals surface area contributed by atoms with Gasteiger partial charge in [-0.25, -0.2) is 8.42 Å². The molecule has 0 radical (unpaired) electrons. The molecule has 8 heteroatoms. The summed E-state index contributed by atoms with van der Waals surface area (Å²) in [5, 5.41) is 2.99. The molecule has 38 heavy (non-hydrogen) atoms. The first-order chi connectivity index (χ1) is 18.3. The van der Waals surface area contributed by atoms with Gasteiger partial charge in [-0.2, -0.15) is 0 Å². The second-order valence-electron chi connectivity index (χ2n) is 9.22. The van der Waals surface area contributed by atoms with Crippen molar-refractivity contribution in [1.29, 1.82) is 0 Å². The summed E-state index contributed by atoms with van der Waals surface area (Å²) >= 11 is 0. The number of nitrogens with zero attached hydrogens (tertiary/aromatic N) is 2. The predicted molar refractivity (Wildman–Crippen MR) is 151 cm³/mol. The monoisotopic (exact) mass is 535 g/mol. The normalized spacial score (nSPS) is 12.8. The molecule has 2 amide bonds. The number of benzene rings is 3. The Morgan fingerprint density at radius 3 is 1.92 bits per heavy atom. The summed E-state index contributed by atoms with van der Waals surface area (Å²) in [6.45, 7) is 5.62. The van der Waals surface area contributed by atoms with Gasteiger partial charge in [-0.15, -0.1) is 0 Å². The van der Waals surface area contributed by atoms with Crippen molar-refractivity contribution in [2.75, 3.05) is 17.4 Å². The van der Waals surface area contributed by atoms with Crippen molar-refractivity contribution in [1.82, 2.24) is 10.2 Å². The second kappa shape index (κ2) is 13.8. The molecule has 0 saturated carbocycles. The fourth-order valence-electron chi connectivity index (χ4n) is 4.18. The maximum absolute atomic E-state index is 13.9. The molecule has 3 rings (SSSR count). The van der Waals surface area contributed by atoms with E-state index in [4.69, 9.17) is 0 Å². The summed E-state index contributed by atoms with van der Waals surface area (Å²) in [5.41, 5.74) is 1.41. The smallest absolute Gasteiger partial charge is 0.264 e. The van der Waals surface area contributed by atoms with Crippen LogP contribution < -0.4 is 9.62 Å². The van der Waals surface area contributed by atoms with Crippen LogP contribution in [0.5, 0.6) is 0 Å². The third-order valence-corrected chi connectivity index (χ3v) is 8.31. The minimum Gasteiger partial charge on any atom is -0.352 e. The molecule has 0 aliphatic rings. The molecule has 0 bridgehead atoms. The molecule has 0 unspecified atom stereocenters. The predicted octanol–water partition coefficient (Wildman–Crippen LogP) is 4.65. The van der Waals surface area contributed by atoms with Crippen LogP contribution in [0.4, 0.5) is 5.69 Å². The summed E-state index contributed by atoms with van der Waals surface area (Å²) in [4.78, 5) is 28.8. The highest BCUT2D eigenvalue weighted by Crippen LogP contribution is 2.24. The topological polar surface area (TPSA) is 86.8 Å². The molecular formula is C30H37N3O4S. The second-order valence-corrected chi connectivity index (χ2v) is 11.1. The van der Waals surface area contributed by atoms with Crippen molar-refractivity contribution >= 4 is 27.5 Å². The van der Waals surface area contributed by atoms with Gasteiger partial charge in [0.05, 0.1) is 10.6 Å². The molecule has 0 spiro atoms. The fourth-order valence-corrected chi connectivity index (χ4v) is 5.61. The van der Waals surface area contributed by atoms with Gasteiger partial charge in [0, 0.05) is 12.6 Å². The lowest BCUT2D eigenvalue weighted by Gasteiger charge is -2.33. The molecule has 1 N–H and O–H groups in total. The molecule has 0 aliphatic carbocycles. The quantitative estimate of drug-likeness (QED) is 0.345. The van der Waals surface area contributed by atoms with E-state index in [1.807, 2.05) is 51.1 Å². The van der Waals surface area contributed by atoms with E-state index in [0.29, 0.717) is 18.5 Å². The van der Waals surface area contributed by atoms with Gasteiger partial charge in [0.1, 0.15) is 12.6 Å². The maximum atomic E-state index is 13.9. The molecular weight excluding hydrogens is 498 g/mol. The zero-order valence-electron chi connectivity index (χ0n) is 22.3. The Morgan fingerprint density at radius 1 is 0.816 bits per heavy atom. The summed E-state index contributed by atoms with van der Waals surface area (Å²) < 4.78 is 28.5. The Labute approximate surface area is 226 Å². The van der Waals surface area contributed by atoms with Crippen LogP contribution in [0.3, 0.4) is 0 Å². The van der Waals surface area contributed by atoms with Crippen molar-refractivity contribution in [3.8, 4) is 0 Å². The van der Waals surface area contributed by atoms with Crippen LogP contribution in [-0.2, 0) is 26.0 Å². The first kappa shape index (κ1) is 28.9. The molecule has 0 heterocycles. The molecule has 202 valence electrons. The van der Waals surface area contributed by atoms with Crippen LogP contribution in [-0.4, -0.2) is 50.3 Å². The Bertz CT molecular complexity index is 1270. The summed E-state index contributed by atoms with van der Waals surface area (Å²) in [6, 6.07) is 25.6. The lowest BCUT2D eigenvalue weighted by molar-refractivity contribution is -0.139. The summed E-state index contributed by atoms with van der Waals surface area (Å²) in [7, 11) is -4.04. The minimum atomic E-state index is -4.04. The van der Waals surface area contributed by atoms with Crippen LogP contribution in [0.2, 0.25) is 0 Å². The molecule has 0 saturated heterocycles. The Balaban J connectivity index is 1.96. The van der Waals surface area contributed by atoms with Gasteiger partial charge in [0.15, 0.2) is 0 Å². The number of para-hydroxylation sites is 1. The van der Waals surface area contributed by atoms with E-state index in [9.17, 15) is 18.0 Å². The molecule has 3 aromatic rings. The number of nitrogens with one attached hydrogen (secondary N) is 1. The zero-order chi connectivity index (χ0) is 27.5. The van der Waals surface area contributed by atoms with Crippen LogP contribution in [0.25, 0.3) is 0 Å². The Morgan fingerprint density at radius 2 is 1.37 bits per heavy atom. The van der Waals surface area contributed by atoms with Crippen molar-refractivity contribution < 1.29 is 18.0 Å². The summed E-state index contributed by atoms with van der Waals surface area (Å²) in [6.07, 6.45) is 1.70. The molecule has 7 nitrogen and oxygen atoms in total. The first-order valence-electron chi connectivity index (χ1n) is 13.0. The van der Waals surface area contributed by atoms with Crippen molar-refractivity contribution in [3.05, 3.63) is 96.6 Å². The van der Waals surface area contributed by atoms with E-state index in [2.05, 4.69) is 5.32 Å². The van der Waals surface area contributed by atoms with E-state index in [1.165, 1.54) is 17.0 Å². The third-order valence-electron chi connectivity index (χ3n) is 6.53. The van der Waals surface area contributed by atoms with Gasteiger partial charge in [-0.1, -0.05) is 80.6 Å². The number of amides is 2. The van der Waals surface area contributed by atoms with E-state index < -0.39 is 28.5 Å². The number of anilines is 1. The largest absolute Gasteiger partial charge is 0.352 e. The number of carbonyl (C=O) groups excluding carboxylic acids is 2. The fraction of sp³-hybridized carbons (Fsp3) is 0.333. The highest BCUT2D eigenvalue weighted by molar-refractivity contribution is 7.92. The van der Waals surface area contributed by atoms with Crippen molar-refractivity contribution in [2.45, 2.75) is 57.0 Å². The molecule has 2 atom stereocenters. The van der Waals surface area contributed by atoms with Crippen LogP contribution in [0, 0.1) is 0 Å². The van der Waals surface area contributed by atoms with Gasteiger partial charge in [-0.3, -0.25) is 13.9 Å². The number of sulfonamides is 1. The van der Waals surface area contributed by atoms with Crippen molar-refractivity contribution in [3.63, 3.8) is 0 Å². The van der Waals surface area contributed by atoms with Gasteiger partial charge in [0.2, 0.25) is 11.8 Å². The maximum Gasteiger partial charge on any atom is 0.264 e. The SMILES string of the molecule is CC[C@H](C(=O)N[C@@H](C)CC)N(CCc1ccccc1)C(=O)CN(c1ccccc1)S(=O)(=O)c1ccccc1. The zero-order valence-corrected chi connectivity index (χ0v) is 23.1. The molecule has 0 aliphatic heterocycles. The number of hydrogen-bond donors (Lipinski definition) is 1. The van der Waals surface area contributed by atoms with Gasteiger partial charge in [0.25, 0.3) is 10.0 Å². The van der Waals surface area contributed by atoms with Crippen LogP contribution >= 0.6 is 0 Å². The lowest BCUT2D eigenvalue weighted by atomic mass is 10.1. The number of hydrogen-bond acceptors (Lipinski definition) is 4. The highest BCUT2D eigenvalue weighted by Gasteiger charge is 2.33. The minimum absolute atomic E-state index is 0.0399. The molecule has 0 fully saturated rings. The van der Waals surface area contributed by atoms with E-state index >= 15 is 0 Å². The lowest BCUT2D eigenvalue weighted by Crippen LogP contribution is -2.54. The third kappa shape index (κ3) is 7.44. The van der Waals surface area contributed by atoms with Gasteiger partial charge >= 0.3 is 0 Å². The van der Waals surface area contributed by atoms with Crippen LogP contribution in [0.15, 0.2) is 95.9 Å². The standard InChI is InChI=1S/C30H37N3O4S/c1-4-24(3)31-30(35)28(5-2)32(22-21-25-15-9-6-10-16-25)29(34)23-33(26-17-11-7-12-18-26)38(36,37)27-19-13-8-14-20-27/h6-20,24,28H,4-5,21-23H2,1-3H3,(H,31,35)/t24-,28+/m0/s1. The summed E-state index contributed by atoms with van der Waals surface area (Å²) in [5.74, 6) is -0.670. The average molecular weight is 536 g/mol. The van der Waals surface area contributed by atoms with Gasteiger partial charge < -0.3 is 10.2 Å². The average Bonchev–Trinajstić information content (AvgIpc) is 2.95. The molecule has 3 aromatic carbocycles. The highest BCUT2D eigenvalue weighted by atomic mass is 32.2. The number of carbonyl (C=O) groups is 2.